The van der Waals surface area contributed by atoms with E-state index in [0.29, 0.717) is 10.9 Å². The number of halogens is 2. The van der Waals surface area contributed by atoms with E-state index >= 15 is 0 Å². The van der Waals surface area contributed by atoms with Crippen LogP contribution in [0.2, 0.25) is 0 Å². The molecule has 10 nitrogen and oxygen atoms in total. The van der Waals surface area contributed by atoms with Crippen LogP contribution >= 0.6 is 11.8 Å². The molecule has 0 spiro atoms. The molecule has 0 aliphatic carbocycles. The van der Waals surface area contributed by atoms with E-state index in [2.05, 4.69) is 49.6 Å². The Hall–Kier alpha value is -3.97. The van der Waals surface area contributed by atoms with Crippen molar-refractivity contribution in [3.63, 3.8) is 0 Å². The highest BCUT2D eigenvalue weighted by molar-refractivity contribution is 7.99. The lowest BCUT2D eigenvalue weighted by atomic mass is 9.93. The highest BCUT2D eigenvalue weighted by atomic mass is 32.2. The molecule has 0 aliphatic rings. The van der Waals surface area contributed by atoms with E-state index < -0.39 is 17.2 Å². The van der Waals surface area contributed by atoms with Crippen LogP contribution < -0.4 is 0 Å². The number of aliphatic hydroxyl groups is 1. The van der Waals surface area contributed by atoms with E-state index in [1.165, 1.54) is 33.6 Å². The average Bonchev–Trinajstić information content (AvgIpc) is 3.67. The number of benzene rings is 2. The maximum Gasteiger partial charge on any atom is 0.283 e. The summed E-state index contributed by atoms with van der Waals surface area (Å²) in [5.41, 5.74) is 0.127. The number of hydrogen-bond donors (Lipinski definition) is 1. The largest absolute Gasteiger partial charge is 0.411 e. The van der Waals surface area contributed by atoms with Crippen molar-refractivity contribution < 1.29 is 18.3 Å². The van der Waals surface area contributed by atoms with Crippen LogP contribution in [-0.4, -0.2) is 45.1 Å². The Morgan fingerprint density at radius 1 is 1.03 bits per heavy atom. The molecule has 196 valence electrons. The molecule has 1 atom stereocenters. The second-order valence-electron chi connectivity index (χ2n) is 8.78. The van der Waals surface area contributed by atoms with Gasteiger partial charge in [-0.1, -0.05) is 36.8 Å². The van der Waals surface area contributed by atoms with E-state index in [4.69, 9.17) is 4.42 Å². The summed E-state index contributed by atoms with van der Waals surface area (Å²) in [5, 5.41) is 32.5. The molecule has 0 saturated carbocycles. The monoisotopic (exact) mass is 538 g/mol. The Morgan fingerprint density at radius 2 is 1.84 bits per heavy atom. The van der Waals surface area contributed by atoms with Gasteiger partial charge in [0.2, 0.25) is 5.89 Å². The summed E-state index contributed by atoms with van der Waals surface area (Å²) in [6.07, 6.45) is 7.55. The average molecular weight is 539 g/mol. The first-order chi connectivity index (χ1) is 18.4. The zero-order valence-corrected chi connectivity index (χ0v) is 21.2. The summed E-state index contributed by atoms with van der Waals surface area (Å²) < 4.78 is 36.7. The van der Waals surface area contributed by atoms with Gasteiger partial charge in [0.25, 0.3) is 5.22 Å². The highest BCUT2D eigenvalue weighted by Crippen LogP contribution is 2.31. The molecule has 3 heterocycles. The third-order valence-electron chi connectivity index (χ3n) is 5.88. The molecule has 2 aromatic carbocycles. The van der Waals surface area contributed by atoms with Gasteiger partial charge >= 0.3 is 0 Å². The molecule has 13 heteroatoms. The SMILES string of the molecule is CCCCc1ccc(-c2nnc(Sc3cn(CC(O)(Cn4cncn4)c4ccc(F)cc4F)nn3)o2)cc1. The van der Waals surface area contributed by atoms with Crippen LogP contribution in [0.25, 0.3) is 11.5 Å². The quantitative estimate of drug-likeness (QED) is 0.263. The fraction of sp³-hybridized carbons (Fsp3) is 0.280. The van der Waals surface area contributed by atoms with E-state index in [-0.39, 0.29) is 23.9 Å². The van der Waals surface area contributed by atoms with Crippen molar-refractivity contribution in [2.24, 2.45) is 0 Å². The number of nitrogens with zero attached hydrogens (tertiary/aromatic N) is 8. The van der Waals surface area contributed by atoms with Gasteiger partial charge in [-0.15, -0.1) is 15.3 Å². The second kappa shape index (κ2) is 11.2. The molecule has 1 N–H and O–H groups in total. The summed E-state index contributed by atoms with van der Waals surface area (Å²) in [7, 11) is 0. The molecular formula is C25H24F2N8O2S. The minimum Gasteiger partial charge on any atom is -0.411 e. The van der Waals surface area contributed by atoms with Gasteiger partial charge in [-0.3, -0.25) is 0 Å². The fourth-order valence-corrected chi connectivity index (χ4v) is 4.63. The smallest absolute Gasteiger partial charge is 0.283 e. The van der Waals surface area contributed by atoms with Crippen molar-refractivity contribution in [1.82, 2.24) is 40.0 Å². The number of unbranched alkanes of at least 4 members (excludes halogenated alkanes) is 1. The normalized spacial score (nSPS) is 13.1. The third kappa shape index (κ3) is 5.94. The number of aryl methyl sites for hydroxylation is 1. The standard InChI is InChI=1S/C25H24F2N8O2S/c1-2-3-4-17-5-7-18(8-6-17)23-31-32-24(37-23)38-22-12-34(33-30-22)13-25(36,14-35-16-28-15-29-35)20-10-9-19(26)11-21(20)27/h5-12,15-16,36H,2-4,13-14H2,1H3. The van der Waals surface area contributed by atoms with Crippen molar-refractivity contribution in [1.29, 1.82) is 0 Å². The van der Waals surface area contributed by atoms with Crippen molar-refractivity contribution in [3.05, 3.63) is 84.1 Å². The maximum absolute atomic E-state index is 14.7. The highest BCUT2D eigenvalue weighted by Gasteiger charge is 2.35. The van der Waals surface area contributed by atoms with E-state index in [1.807, 2.05) is 12.1 Å². The van der Waals surface area contributed by atoms with Gasteiger partial charge in [-0.25, -0.2) is 23.1 Å². The Bertz CT molecular complexity index is 1490. The first kappa shape index (κ1) is 25.7. The Kier molecular flexibility index (Phi) is 7.56. The van der Waals surface area contributed by atoms with Crippen LogP contribution in [-0.2, 0) is 25.1 Å². The lowest BCUT2D eigenvalue weighted by molar-refractivity contribution is -0.00893. The van der Waals surface area contributed by atoms with E-state index in [1.54, 1.807) is 6.20 Å². The zero-order chi connectivity index (χ0) is 26.5. The topological polar surface area (TPSA) is 121 Å². The second-order valence-corrected chi connectivity index (χ2v) is 9.75. The number of aromatic nitrogens is 8. The fourth-order valence-electron chi connectivity index (χ4n) is 3.99. The van der Waals surface area contributed by atoms with Crippen LogP contribution in [0.15, 0.2) is 76.0 Å². The van der Waals surface area contributed by atoms with Gasteiger partial charge in [-0.2, -0.15) is 5.10 Å². The first-order valence-corrected chi connectivity index (χ1v) is 12.7. The summed E-state index contributed by atoms with van der Waals surface area (Å²) in [5.74, 6) is -1.25. The maximum atomic E-state index is 14.7. The van der Waals surface area contributed by atoms with Crippen molar-refractivity contribution in [2.45, 2.75) is 55.1 Å². The van der Waals surface area contributed by atoms with Gasteiger partial charge in [0.15, 0.2) is 0 Å². The van der Waals surface area contributed by atoms with Gasteiger partial charge in [0.05, 0.1) is 19.3 Å². The van der Waals surface area contributed by atoms with Crippen LogP contribution in [0.4, 0.5) is 8.78 Å². The molecule has 0 bridgehead atoms. The summed E-state index contributed by atoms with van der Waals surface area (Å²) >= 11 is 1.10. The molecule has 1 unspecified atom stereocenters. The van der Waals surface area contributed by atoms with Crippen LogP contribution in [0, 0.1) is 11.6 Å². The van der Waals surface area contributed by atoms with Crippen LogP contribution in [0.3, 0.4) is 0 Å². The molecule has 0 amide bonds. The molecule has 5 aromatic rings. The minimum atomic E-state index is -1.83. The van der Waals surface area contributed by atoms with Gasteiger partial charge in [0, 0.05) is 17.2 Å². The first-order valence-electron chi connectivity index (χ1n) is 11.9. The molecule has 0 aliphatic heterocycles. The lowest BCUT2D eigenvalue weighted by Crippen LogP contribution is -2.37. The summed E-state index contributed by atoms with van der Waals surface area (Å²) in [6.45, 7) is 1.82. The molecular weight excluding hydrogens is 514 g/mol. The predicted molar refractivity (Wildman–Crippen MR) is 133 cm³/mol. The predicted octanol–water partition coefficient (Wildman–Crippen LogP) is 4.28. The number of hydrogen-bond acceptors (Lipinski definition) is 9. The Balaban J connectivity index is 1.31. The lowest BCUT2D eigenvalue weighted by Gasteiger charge is -2.28. The molecule has 0 radical (unpaired) electrons. The van der Waals surface area contributed by atoms with Gasteiger partial charge in [-0.05, 0) is 48.4 Å². The van der Waals surface area contributed by atoms with Crippen LogP contribution in [0.1, 0.15) is 30.9 Å². The third-order valence-corrected chi connectivity index (χ3v) is 6.62. The van der Waals surface area contributed by atoms with Crippen molar-refractivity contribution in [2.75, 3.05) is 0 Å². The molecule has 3 aromatic heterocycles. The zero-order valence-electron chi connectivity index (χ0n) is 20.4. The van der Waals surface area contributed by atoms with Gasteiger partial charge in [0.1, 0.15) is 34.9 Å². The van der Waals surface area contributed by atoms with Crippen molar-refractivity contribution in [3.8, 4) is 11.5 Å². The summed E-state index contributed by atoms with van der Waals surface area (Å²) in [6, 6.07) is 11.0. The molecule has 0 saturated heterocycles. The molecule has 0 fully saturated rings. The van der Waals surface area contributed by atoms with Crippen molar-refractivity contribution >= 4 is 11.8 Å². The Labute approximate surface area is 220 Å². The number of rotatable bonds is 11. The molecule has 5 rings (SSSR count). The molecule has 38 heavy (non-hydrogen) atoms. The van der Waals surface area contributed by atoms with Gasteiger partial charge < -0.3 is 9.52 Å². The Morgan fingerprint density at radius 3 is 2.58 bits per heavy atom. The minimum absolute atomic E-state index is 0.110. The summed E-state index contributed by atoms with van der Waals surface area (Å²) in [4.78, 5) is 3.86. The van der Waals surface area contributed by atoms with E-state index in [0.717, 1.165) is 48.7 Å². The van der Waals surface area contributed by atoms with Crippen LogP contribution in [0.5, 0.6) is 0 Å². The van der Waals surface area contributed by atoms with E-state index in [9.17, 15) is 13.9 Å².